The van der Waals surface area contributed by atoms with E-state index in [9.17, 15) is 5.11 Å². The Hall–Kier alpha value is -0.0800. The fourth-order valence-corrected chi connectivity index (χ4v) is 4.37. The highest BCUT2D eigenvalue weighted by Gasteiger charge is 2.50. The molecule has 2 saturated carbocycles. The van der Waals surface area contributed by atoms with Crippen LogP contribution >= 0.6 is 0 Å². The SMILES string of the molecule is CO[C@H]1CCCC[C@H]1[C@]1(CO)CCC(C)(C)C1. The number of rotatable bonds is 3. The zero-order valence-electron chi connectivity index (χ0n) is 11.7. The zero-order chi connectivity index (χ0) is 12.5. The zero-order valence-corrected chi connectivity index (χ0v) is 11.7. The molecule has 0 aromatic rings. The second-order valence-corrected chi connectivity index (χ2v) is 7.03. The van der Waals surface area contributed by atoms with Crippen molar-refractivity contribution >= 4 is 0 Å². The molecule has 0 aromatic heterocycles. The summed E-state index contributed by atoms with van der Waals surface area (Å²) in [5, 5.41) is 9.96. The Morgan fingerprint density at radius 3 is 2.41 bits per heavy atom. The van der Waals surface area contributed by atoms with Crippen LogP contribution in [0, 0.1) is 16.7 Å². The standard InChI is InChI=1S/C15H28O2/c1-14(2)8-9-15(10-14,11-16)12-6-4-5-7-13(12)17-3/h12-13,16H,4-11H2,1-3H3/t12-,13+,15-/m1/s1. The van der Waals surface area contributed by atoms with Gasteiger partial charge < -0.3 is 9.84 Å². The molecule has 0 radical (unpaired) electrons. The maximum absolute atomic E-state index is 9.96. The Labute approximate surface area is 106 Å². The van der Waals surface area contributed by atoms with Crippen molar-refractivity contribution in [3.63, 3.8) is 0 Å². The monoisotopic (exact) mass is 240 g/mol. The molecule has 2 nitrogen and oxygen atoms in total. The average Bonchev–Trinajstić information content (AvgIpc) is 2.66. The van der Waals surface area contributed by atoms with Crippen LogP contribution in [-0.4, -0.2) is 24.9 Å². The van der Waals surface area contributed by atoms with Crippen molar-refractivity contribution in [1.82, 2.24) is 0 Å². The van der Waals surface area contributed by atoms with Crippen molar-refractivity contribution in [2.45, 2.75) is 64.9 Å². The van der Waals surface area contributed by atoms with Gasteiger partial charge in [-0.15, -0.1) is 0 Å². The largest absolute Gasteiger partial charge is 0.396 e. The predicted octanol–water partition coefficient (Wildman–Crippen LogP) is 3.38. The Morgan fingerprint density at radius 2 is 1.88 bits per heavy atom. The Morgan fingerprint density at radius 1 is 1.18 bits per heavy atom. The van der Waals surface area contributed by atoms with E-state index in [0.717, 1.165) is 0 Å². The molecule has 0 unspecified atom stereocenters. The van der Waals surface area contributed by atoms with E-state index >= 15 is 0 Å². The molecule has 0 saturated heterocycles. The van der Waals surface area contributed by atoms with Gasteiger partial charge in [-0.25, -0.2) is 0 Å². The summed E-state index contributed by atoms with van der Waals surface area (Å²) in [5.41, 5.74) is 0.545. The summed E-state index contributed by atoms with van der Waals surface area (Å²) in [7, 11) is 1.84. The molecule has 2 fully saturated rings. The van der Waals surface area contributed by atoms with Crippen molar-refractivity contribution in [1.29, 1.82) is 0 Å². The van der Waals surface area contributed by atoms with E-state index in [-0.39, 0.29) is 5.41 Å². The second kappa shape index (κ2) is 4.89. The first-order valence-electron chi connectivity index (χ1n) is 7.17. The number of hydrogen-bond donors (Lipinski definition) is 1. The van der Waals surface area contributed by atoms with Crippen molar-refractivity contribution in [2.75, 3.05) is 13.7 Å². The normalized spacial score (nSPS) is 41.6. The molecule has 1 N–H and O–H groups in total. The van der Waals surface area contributed by atoms with Gasteiger partial charge in [-0.3, -0.25) is 0 Å². The quantitative estimate of drug-likeness (QED) is 0.819. The highest BCUT2D eigenvalue weighted by Crippen LogP contribution is 2.56. The third kappa shape index (κ3) is 2.53. The second-order valence-electron chi connectivity index (χ2n) is 7.03. The minimum Gasteiger partial charge on any atom is -0.396 e. The van der Waals surface area contributed by atoms with Crippen LogP contribution in [0.15, 0.2) is 0 Å². The molecule has 2 heteroatoms. The number of hydrogen-bond acceptors (Lipinski definition) is 2. The molecule has 0 heterocycles. The Bertz CT molecular complexity index is 262. The van der Waals surface area contributed by atoms with E-state index in [4.69, 9.17) is 4.74 Å². The van der Waals surface area contributed by atoms with Crippen LogP contribution in [0.4, 0.5) is 0 Å². The summed E-state index contributed by atoms with van der Waals surface area (Å²) in [6, 6.07) is 0. The lowest BCUT2D eigenvalue weighted by Crippen LogP contribution is -2.42. The number of ether oxygens (including phenoxy) is 1. The van der Waals surface area contributed by atoms with Crippen LogP contribution in [-0.2, 0) is 4.74 Å². The van der Waals surface area contributed by atoms with E-state index in [0.29, 0.717) is 24.0 Å². The molecule has 0 spiro atoms. The lowest BCUT2D eigenvalue weighted by Gasteiger charge is -2.43. The van der Waals surface area contributed by atoms with Crippen LogP contribution in [0.2, 0.25) is 0 Å². The average molecular weight is 240 g/mol. The van der Waals surface area contributed by atoms with Crippen molar-refractivity contribution in [3.8, 4) is 0 Å². The minimum atomic E-state index is 0.143. The third-order valence-corrected chi connectivity index (χ3v) is 5.24. The van der Waals surface area contributed by atoms with E-state index < -0.39 is 0 Å². The van der Waals surface area contributed by atoms with Gasteiger partial charge in [0.05, 0.1) is 6.10 Å². The summed E-state index contributed by atoms with van der Waals surface area (Å²) in [4.78, 5) is 0. The molecule has 0 bridgehead atoms. The summed E-state index contributed by atoms with van der Waals surface area (Å²) < 4.78 is 5.70. The number of methoxy groups -OCH3 is 1. The van der Waals surface area contributed by atoms with Gasteiger partial charge in [-0.1, -0.05) is 26.7 Å². The third-order valence-electron chi connectivity index (χ3n) is 5.24. The van der Waals surface area contributed by atoms with E-state index in [2.05, 4.69) is 13.8 Å². The molecule has 2 rings (SSSR count). The lowest BCUT2D eigenvalue weighted by atomic mass is 9.65. The first kappa shape index (κ1) is 13.4. The summed E-state index contributed by atoms with van der Waals surface area (Å²) in [6.07, 6.45) is 9.01. The molecule has 0 amide bonds. The molecule has 2 aliphatic rings. The fraction of sp³-hybridized carbons (Fsp3) is 1.00. The van der Waals surface area contributed by atoms with Crippen LogP contribution < -0.4 is 0 Å². The summed E-state index contributed by atoms with van der Waals surface area (Å²) >= 11 is 0. The van der Waals surface area contributed by atoms with Gasteiger partial charge in [0.15, 0.2) is 0 Å². The Kier molecular flexibility index (Phi) is 3.84. The van der Waals surface area contributed by atoms with Gasteiger partial charge in [0.1, 0.15) is 0 Å². The molecular weight excluding hydrogens is 212 g/mol. The van der Waals surface area contributed by atoms with Crippen molar-refractivity contribution in [2.24, 2.45) is 16.7 Å². The van der Waals surface area contributed by atoms with Crippen molar-refractivity contribution < 1.29 is 9.84 Å². The summed E-state index contributed by atoms with van der Waals surface area (Å²) in [6.45, 7) is 5.03. The number of aliphatic hydroxyl groups excluding tert-OH is 1. The first-order chi connectivity index (χ1) is 8.03. The molecule has 2 aliphatic carbocycles. The molecular formula is C15H28O2. The van der Waals surface area contributed by atoms with E-state index in [1.807, 2.05) is 7.11 Å². The van der Waals surface area contributed by atoms with Gasteiger partial charge >= 0.3 is 0 Å². The molecule has 100 valence electrons. The van der Waals surface area contributed by atoms with E-state index in [1.54, 1.807) is 0 Å². The van der Waals surface area contributed by atoms with Crippen LogP contribution in [0.5, 0.6) is 0 Å². The minimum absolute atomic E-state index is 0.143. The fourth-order valence-electron chi connectivity index (χ4n) is 4.37. The Balaban J connectivity index is 2.16. The first-order valence-corrected chi connectivity index (χ1v) is 7.17. The van der Waals surface area contributed by atoms with Gasteiger partial charge in [-0.05, 0) is 48.9 Å². The van der Waals surface area contributed by atoms with Gasteiger partial charge in [0, 0.05) is 13.7 Å². The smallest absolute Gasteiger partial charge is 0.0605 e. The number of aliphatic hydroxyl groups is 1. The van der Waals surface area contributed by atoms with Crippen LogP contribution in [0.25, 0.3) is 0 Å². The molecule has 3 atom stereocenters. The van der Waals surface area contributed by atoms with Crippen molar-refractivity contribution in [3.05, 3.63) is 0 Å². The maximum atomic E-state index is 9.96. The van der Waals surface area contributed by atoms with Crippen LogP contribution in [0.3, 0.4) is 0 Å². The summed E-state index contributed by atoms with van der Waals surface area (Å²) in [5.74, 6) is 0.577. The predicted molar refractivity (Wildman–Crippen MR) is 69.9 cm³/mol. The van der Waals surface area contributed by atoms with E-state index in [1.165, 1.54) is 44.9 Å². The lowest BCUT2D eigenvalue weighted by molar-refractivity contribution is -0.0626. The van der Waals surface area contributed by atoms with Gasteiger partial charge in [0.25, 0.3) is 0 Å². The highest BCUT2D eigenvalue weighted by molar-refractivity contribution is 5.00. The van der Waals surface area contributed by atoms with Gasteiger partial charge in [0.2, 0.25) is 0 Å². The molecule has 17 heavy (non-hydrogen) atoms. The van der Waals surface area contributed by atoms with Crippen LogP contribution in [0.1, 0.15) is 58.8 Å². The topological polar surface area (TPSA) is 29.5 Å². The molecule has 0 aliphatic heterocycles. The molecule has 0 aromatic carbocycles. The van der Waals surface area contributed by atoms with Gasteiger partial charge in [-0.2, -0.15) is 0 Å². The highest BCUT2D eigenvalue weighted by atomic mass is 16.5. The maximum Gasteiger partial charge on any atom is 0.0605 e.